The van der Waals surface area contributed by atoms with Crippen LogP contribution < -0.4 is 16.1 Å². The summed E-state index contributed by atoms with van der Waals surface area (Å²) in [6.07, 6.45) is 2.42. The average molecular weight is 330 g/mol. The number of nitrogens with zero attached hydrogens (tertiary/aromatic N) is 6. The van der Waals surface area contributed by atoms with E-state index in [1.807, 2.05) is 0 Å². The SMILES string of the molecule is CC1CCN(c2nc3c(c(=O)n(C)c(=O)n3C)n2CCC#N)CC1. The number of aryl methyl sites for hydroxylation is 2. The second-order valence-electron chi connectivity index (χ2n) is 6.52. The summed E-state index contributed by atoms with van der Waals surface area (Å²) in [5.41, 5.74) is 0.0181. The van der Waals surface area contributed by atoms with Gasteiger partial charge in [-0.15, -0.1) is 0 Å². The van der Waals surface area contributed by atoms with Crippen LogP contribution in [0.4, 0.5) is 5.95 Å². The number of imidazole rings is 1. The molecule has 8 heteroatoms. The van der Waals surface area contributed by atoms with E-state index in [1.54, 1.807) is 11.6 Å². The van der Waals surface area contributed by atoms with E-state index in [-0.39, 0.29) is 12.0 Å². The van der Waals surface area contributed by atoms with Gasteiger partial charge in [0.05, 0.1) is 12.5 Å². The van der Waals surface area contributed by atoms with Crippen LogP contribution in [-0.2, 0) is 20.6 Å². The van der Waals surface area contributed by atoms with Gasteiger partial charge in [-0.1, -0.05) is 6.92 Å². The Balaban J connectivity index is 2.23. The number of rotatable bonds is 3. The van der Waals surface area contributed by atoms with Crippen LogP contribution in [0.2, 0.25) is 0 Å². The molecule has 2 aromatic rings. The Morgan fingerprint density at radius 1 is 1.21 bits per heavy atom. The Morgan fingerprint density at radius 2 is 1.88 bits per heavy atom. The number of aromatic nitrogens is 4. The number of anilines is 1. The summed E-state index contributed by atoms with van der Waals surface area (Å²) in [4.78, 5) is 31.5. The van der Waals surface area contributed by atoms with E-state index >= 15 is 0 Å². The monoisotopic (exact) mass is 330 g/mol. The minimum Gasteiger partial charge on any atom is -0.342 e. The van der Waals surface area contributed by atoms with Gasteiger partial charge in [-0.05, 0) is 18.8 Å². The van der Waals surface area contributed by atoms with Crippen molar-refractivity contribution in [3.63, 3.8) is 0 Å². The molecule has 3 heterocycles. The molecule has 1 fully saturated rings. The fourth-order valence-electron chi connectivity index (χ4n) is 3.26. The van der Waals surface area contributed by atoms with Crippen molar-refractivity contribution in [2.45, 2.75) is 32.7 Å². The molecule has 0 radical (unpaired) electrons. The van der Waals surface area contributed by atoms with Gasteiger partial charge in [0.15, 0.2) is 11.2 Å². The molecule has 0 aromatic carbocycles. The van der Waals surface area contributed by atoms with Gasteiger partial charge in [-0.3, -0.25) is 13.9 Å². The second kappa shape index (κ2) is 6.15. The molecule has 0 atom stereocenters. The summed E-state index contributed by atoms with van der Waals surface area (Å²) in [6, 6.07) is 2.12. The highest BCUT2D eigenvalue weighted by Gasteiger charge is 2.25. The predicted octanol–water partition coefficient (Wildman–Crippen LogP) is 0.584. The zero-order valence-electron chi connectivity index (χ0n) is 14.3. The molecule has 128 valence electrons. The number of fused-ring (bicyclic) bond motifs is 1. The van der Waals surface area contributed by atoms with Crippen LogP contribution in [-0.4, -0.2) is 31.8 Å². The van der Waals surface area contributed by atoms with E-state index in [0.29, 0.717) is 29.6 Å². The topological polar surface area (TPSA) is 88.8 Å². The first kappa shape index (κ1) is 16.3. The summed E-state index contributed by atoms with van der Waals surface area (Å²) in [5.74, 6) is 1.36. The highest BCUT2D eigenvalue weighted by Crippen LogP contribution is 2.25. The van der Waals surface area contributed by atoms with Crippen LogP contribution in [0.1, 0.15) is 26.2 Å². The van der Waals surface area contributed by atoms with Crippen LogP contribution >= 0.6 is 0 Å². The zero-order chi connectivity index (χ0) is 17.4. The Kier molecular flexibility index (Phi) is 4.18. The quantitative estimate of drug-likeness (QED) is 0.821. The van der Waals surface area contributed by atoms with Crippen molar-refractivity contribution in [3.05, 3.63) is 20.8 Å². The second-order valence-corrected chi connectivity index (χ2v) is 6.52. The van der Waals surface area contributed by atoms with Crippen LogP contribution in [0.3, 0.4) is 0 Å². The van der Waals surface area contributed by atoms with E-state index in [4.69, 9.17) is 5.26 Å². The first-order valence-corrected chi connectivity index (χ1v) is 8.23. The number of piperidine rings is 1. The van der Waals surface area contributed by atoms with Crippen molar-refractivity contribution in [1.29, 1.82) is 5.26 Å². The summed E-state index contributed by atoms with van der Waals surface area (Å²) >= 11 is 0. The molecule has 1 aliphatic heterocycles. The molecule has 3 rings (SSSR count). The number of nitriles is 1. The van der Waals surface area contributed by atoms with Gasteiger partial charge >= 0.3 is 5.69 Å². The summed E-state index contributed by atoms with van der Waals surface area (Å²) in [5, 5.41) is 8.96. The zero-order valence-corrected chi connectivity index (χ0v) is 14.3. The molecule has 0 saturated carbocycles. The van der Waals surface area contributed by atoms with Gasteiger partial charge in [0.1, 0.15) is 0 Å². The Labute approximate surface area is 139 Å². The van der Waals surface area contributed by atoms with E-state index in [1.165, 1.54) is 11.6 Å². The maximum absolute atomic E-state index is 12.6. The van der Waals surface area contributed by atoms with Crippen molar-refractivity contribution < 1.29 is 0 Å². The van der Waals surface area contributed by atoms with Gasteiger partial charge < -0.3 is 9.47 Å². The molecule has 24 heavy (non-hydrogen) atoms. The van der Waals surface area contributed by atoms with Crippen LogP contribution in [0.5, 0.6) is 0 Å². The molecule has 0 amide bonds. The lowest BCUT2D eigenvalue weighted by atomic mass is 10.00. The maximum Gasteiger partial charge on any atom is 0.332 e. The normalized spacial score (nSPS) is 15.8. The molecule has 0 N–H and O–H groups in total. The third kappa shape index (κ3) is 2.50. The first-order valence-electron chi connectivity index (χ1n) is 8.23. The molecular weight excluding hydrogens is 308 g/mol. The third-order valence-electron chi connectivity index (χ3n) is 4.84. The summed E-state index contributed by atoms with van der Waals surface area (Å²) < 4.78 is 4.29. The highest BCUT2D eigenvalue weighted by molar-refractivity contribution is 5.74. The molecule has 0 spiro atoms. The average Bonchev–Trinajstić information content (AvgIpc) is 2.96. The van der Waals surface area contributed by atoms with E-state index < -0.39 is 5.69 Å². The van der Waals surface area contributed by atoms with Gasteiger partial charge in [-0.25, -0.2) is 4.79 Å². The van der Waals surface area contributed by atoms with Crippen molar-refractivity contribution in [3.8, 4) is 6.07 Å². The Hall–Kier alpha value is -2.56. The van der Waals surface area contributed by atoms with Gasteiger partial charge in [0.25, 0.3) is 5.56 Å². The smallest absolute Gasteiger partial charge is 0.332 e. The maximum atomic E-state index is 12.6. The van der Waals surface area contributed by atoms with Gasteiger partial charge in [0, 0.05) is 33.7 Å². The molecule has 8 nitrogen and oxygen atoms in total. The Bertz CT molecular complexity index is 921. The predicted molar refractivity (Wildman–Crippen MR) is 91.1 cm³/mol. The largest absolute Gasteiger partial charge is 0.342 e. The molecule has 0 unspecified atom stereocenters. The number of hydrogen-bond donors (Lipinski definition) is 0. The minimum atomic E-state index is -0.392. The van der Waals surface area contributed by atoms with Crippen molar-refractivity contribution in [2.24, 2.45) is 20.0 Å². The highest BCUT2D eigenvalue weighted by atomic mass is 16.2. The van der Waals surface area contributed by atoms with E-state index in [2.05, 4.69) is 22.9 Å². The lowest BCUT2D eigenvalue weighted by Gasteiger charge is -2.31. The molecule has 2 aromatic heterocycles. The fraction of sp³-hybridized carbons (Fsp3) is 0.625. The first-order chi connectivity index (χ1) is 11.5. The summed E-state index contributed by atoms with van der Waals surface area (Å²) in [7, 11) is 3.09. The standard InChI is InChI=1S/C16H22N6O2/c1-11-5-9-21(10-6-11)15-18-13-12(22(15)8-4-7-17)14(23)20(3)16(24)19(13)2/h11H,4-6,8-10H2,1-3H3. The van der Waals surface area contributed by atoms with E-state index in [9.17, 15) is 9.59 Å². The van der Waals surface area contributed by atoms with Crippen LogP contribution in [0, 0.1) is 17.2 Å². The van der Waals surface area contributed by atoms with Gasteiger partial charge in [-0.2, -0.15) is 10.2 Å². The van der Waals surface area contributed by atoms with E-state index in [0.717, 1.165) is 30.5 Å². The molecular formula is C16H22N6O2. The van der Waals surface area contributed by atoms with Crippen LogP contribution in [0.25, 0.3) is 11.2 Å². The van der Waals surface area contributed by atoms with Crippen molar-refractivity contribution in [2.75, 3.05) is 18.0 Å². The lowest BCUT2D eigenvalue weighted by molar-refractivity contribution is 0.431. The third-order valence-corrected chi connectivity index (χ3v) is 4.84. The van der Waals surface area contributed by atoms with Crippen LogP contribution in [0.15, 0.2) is 9.59 Å². The van der Waals surface area contributed by atoms with Crippen molar-refractivity contribution >= 4 is 17.1 Å². The van der Waals surface area contributed by atoms with Crippen molar-refractivity contribution in [1.82, 2.24) is 18.7 Å². The molecule has 0 aliphatic carbocycles. The molecule has 1 saturated heterocycles. The number of hydrogen-bond acceptors (Lipinski definition) is 5. The molecule has 0 bridgehead atoms. The summed E-state index contributed by atoms with van der Waals surface area (Å²) in [6.45, 7) is 4.36. The minimum absolute atomic E-state index is 0.286. The lowest BCUT2D eigenvalue weighted by Crippen LogP contribution is -2.37. The fourth-order valence-corrected chi connectivity index (χ4v) is 3.26. The Morgan fingerprint density at radius 3 is 2.50 bits per heavy atom. The molecule has 1 aliphatic rings. The van der Waals surface area contributed by atoms with Gasteiger partial charge in [0.2, 0.25) is 5.95 Å².